The predicted octanol–water partition coefficient (Wildman–Crippen LogP) is 2.80. The van der Waals surface area contributed by atoms with Gasteiger partial charge in [0.25, 0.3) is 0 Å². The van der Waals surface area contributed by atoms with E-state index in [1.54, 1.807) is 11.0 Å². The number of aliphatic carboxylic acids is 1. The lowest BCUT2D eigenvalue weighted by atomic mass is 10.1. The number of nitrogens with zero attached hydrogens (tertiary/aromatic N) is 3. The molecule has 0 spiro atoms. The van der Waals surface area contributed by atoms with Gasteiger partial charge in [0, 0.05) is 11.4 Å². The van der Waals surface area contributed by atoms with Crippen molar-refractivity contribution in [3.8, 4) is 6.07 Å². The summed E-state index contributed by atoms with van der Waals surface area (Å²) in [7, 11) is 0. The molecule has 0 saturated carbocycles. The minimum atomic E-state index is -0.913. The molecule has 0 fully saturated rings. The first kappa shape index (κ1) is 14.8. The summed E-state index contributed by atoms with van der Waals surface area (Å²) >= 11 is 0. The minimum Gasteiger partial charge on any atom is -0.480 e. The van der Waals surface area contributed by atoms with Crippen LogP contribution in [-0.4, -0.2) is 28.6 Å². The summed E-state index contributed by atoms with van der Waals surface area (Å²) in [5.41, 5.74) is 1.21. The number of hydrogen-bond acceptors (Lipinski definition) is 4. The molecule has 2 rings (SSSR count). The second kappa shape index (κ2) is 6.23. The van der Waals surface area contributed by atoms with Gasteiger partial charge in [-0.05, 0) is 25.5 Å². The number of rotatable bonds is 5. The predicted molar refractivity (Wildman–Crippen MR) is 81.2 cm³/mol. The van der Waals surface area contributed by atoms with Gasteiger partial charge in [0.1, 0.15) is 12.4 Å². The first-order valence-corrected chi connectivity index (χ1v) is 6.85. The summed E-state index contributed by atoms with van der Waals surface area (Å²) < 4.78 is 0. The first-order valence-electron chi connectivity index (χ1n) is 6.85. The third-order valence-corrected chi connectivity index (χ3v) is 3.55. The Balaban J connectivity index is 2.57. The molecule has 5 heteroatoms. The molecule has 5 nitrogen and oxygen atoms in total. The number of carboxylic acids is 1. The molecule has 0 saturated heterocycles. The number of para-hydroxylation sites is 1. The average molecular weight is 283 g/mol. The molecule has 1 heterocycles. The van der Waals surface area contributed by atoms with Gasteiger partial charge in [0.05, 0.1) is 17.1 Å². The molecule has 2 aromatic rings. The lowest BCUT2D eigenvalue weighted by molar-refractivity contribution is -0.135. The van der Waals surface area contributed by atoms with Gasteiger partial charge in [-0.3, -0.25) is 4.79 Å². The number of carbonyl (C=O) groups is 1. The standard InChI is InChI=1S/C16H17N3O2/c1-3-11(2)19(10-16(20)21)15-8-12(9-17)13-6-4-5-7-14(13)18-15/h4-8,11H,3,10H2,1-2H3,(H,20,21). The third-order valence-electron chi connectivity index (χ3n) is 3.55. The van der Waals surface area contributed by atoms with E-state index >= 15 is 0 Å². The van der Waals surface area contributed by atoms with Crippen molar-refractivity contribution >= 4 is 22.7 Å². The molecule has 1 atom stereocenters. The number of fused-ring (bicyclic) bond motifs is 1. The molecule has 1 aromatic heterocycles. The van der Waals surface area contributed by atoms with Crippen molar-refractivity contribution in [2.75, 3.05) is 11.4 Å². The topological polar surface area (TPSA) is 77.2 Å². The maximum absolute atomic E-state index is 11.1. The van der Waals surface area contributed by atoms with Gasteiger partial charge in [0.15, 0.2) is 0 Å². The van der Waals surface area contributed by atoms with Crippen LogP contribution < -0.4 is 4.90 Å². The average Bonchev–Trinajstić information content (AvgIpc) is 2.50. The van der Waals surface area contributed by atoms with Crippen LogP contribution in [0.5, 0.6) is 0 Å². The summed E-state index contributed by atoms with van der Waals surface area (Å²) in [5, 5.41) is 19.2. The monoisotopic (exact) mass is 283 g/mol. The van der Waals surface area contributed by atoms with Crippen molar-refractivity contribution < 1.29 is 9.90 Å². The quantitative estimate of drug-likeness (QED) is 0.913. The van der Waals surface area contributed by atoms with E-state index in [9.17, 15) is 10.1 Å². The Morgan fingerprint density at radius 1 is 1.48 bits per heavy atom. The zero-order chi connectivity index (χ0) is 15.4. The van der Waals surface area contributed by atoms with Crippen LogP contribution >= 0.6 is 0 Å². The minimum absolute atomic E-state index is 0.0290. The van der Waals surface area contributed by atoms with Crippen molar-refractivity contribution in [3.63, 3.8) is 0 Å². The number of carboxylic acid groups (broad SMARTS) is 1. The van der Waals surface area contributed by atoms with Gasteiger partial charge in [0.2, 0.25) is 0 Å². The Morgan fingerprint density at radius 3 is 2.81 bits per heavy atom. The lowest BCUT2D eigenvalue weighted by Gasteiger charge is -2.28. The fourth-order valence-electron chi connectivity index (χ4n) is 2.23. The Bertz CT molecular complexity index is 706. The van der Waals surface area contributed by atoms with E-state index < -0.39 is 5.97 Å². The number of nitriles is 1. The van der Waals surface area contributed by atoms with E-state index in [-0.39, 0.29) is 12.6 Å². The van der Waals surface area contributed by atoms with Crippen LogP contribution in [0.3, 0.4) is 0 Å². The van der Waals surface area contributed by atoms with Crippen molar-refractivity contribution in [2.24, 2.45) is 0 Å². The summed E-state index contributed by atoms with van der Waals surface area (Å²) in [6.45, 7) is 3.81. The fourth-order valence-corrected chi connectivity index (χ4v) is 2.23. The number of anilines is 1. The van der Waals surface area contributed by atoms with Gasteiger partial charge in [-0.2, -0.15) is 5.26 Å². The zero-order valence-electron chi connectivity index (χ0n) is 12.1. The smallest absolute Gasteiger partial charge is 0.323 e. The number of benzene rings is 1. The largest absolute Gasteiger partial charge is 0.480 e. The molecular weight excluding hydrogens is 266 g/mol. The van der Waals surface area contributed by atoms with Crippen LogP contribution in [0.25, 0.3) is 10.9 Å². The summed E-state index contributed by atoms with van der Waals surface area (Å²) in [6.07, 6.45) is 0.795. The fraction of sp³-hybridized carbons (Fsp3) is 0.312. The highest BCUT2D eigenvalue weighted by Gasteiger charge is 2.19. The Morgan fingerprint density at radius 2 is 2.19 bits per heavy atom. The van der Waals surface area contributed by atoms with Crippen LogP contribution in [-0.2, 0) is 4.79 Å². The molecule has 1 N–H and O–H groups in total. The molecule has 0 bridgehead atoms. The molecule has 0 aliphatic carbocycles. The van der Waals surface area contributed by atoms with E-state index in [2.05, 4.69) is 11.1 Å². The van der Waals surface area contributed by atoms with Crippen LogP contribution in [0, 0.1) is 11.3 Å². The number of aromatic nitrogens is 1. The summed E-state index contributed by atoms with van der Waals surface area (Å²) in [5.74, 6) is -0.384. The van der Waals surface area contributed by atoms with E-state index in [1.165, 1.54) is 0 Å². The lowest BCUT2D eigenvalue weighted by Crippen LogP contribution is -2.37. The second-order valence-corrected chi connectivity index (χ2v) is 4.94. The van der Waals surface area contributed by atoms with Gasteiger partial charge in [-0.15, -0.1) is 0 Å². The third kappa shape index (κ3) is 3.11. The number of hydrogen-bond donors (Lipinski definition) is 1. The Labute approximate surface area is 123 Å². The van der Waals surface area contributed by atoms with E-state index in [4.69, 9.17) is 5.11 Å². The van der Waals surface area contributed by atoms with Crippen molar-refractivity contribution in [1.29, 1.82) is 5.26 Å². The van der Waals surface area contributed by atoms with Crippen LogP contribution in [0.15, 0.2) is 30.3 Å². The Kier molecular flexibility index (Phi) is 4.39. The molecular formula is C16H17N3O2. The normalized spacial score (nSPS) is 11.9. The molecule has 0 aliphatic heterocycles. The van der Waals surface area contributed by atoms with Gasteiger partial charge in [-0.25, -0.2) is 4.98 Å². The molecule has 21 heavy (non-hydrogen) atoms. The molecule has 1 aromatic carbocycles. The Hall–Kier alpha value is -2.61. The summed E-state index contributed by atoms with van der Waals surface area (Å²) in [4.78, 5) is 17.3. The second-order valence-electron chi connectivity index (χ2n) is 4.94. The molecule has 0 radical (unpaired) electrons. The highest BCUT2D eigenvalue weighted by molar-refractivity contribution is 5.87. The van der Waals surface area contributed by atoms with Crippen LogP contribution in [0.4, 0.5) is 5.82 Å². The summed E-state index contributed by atoms with van der Waals surface area (Å²) in [6, 6.07) is 11.2. The van der Waals surface area contributed by atoms with Gasteiger partial charge >= 0.3 is 5.97 Å². The first-order chi connectivity index (χ1) is 10.1. The van der Waals surface area contributed by atoms with E-state index in [1.807, 2.05) is 38.1 Å². The van der Waals surface area contributed by atoms with Crippen LogP contribution in [0.1, 0.15) is 25.8 Å². The highest BCUT2D eigenvalue weighted by atomic mass is 16.4. The molecule has 0 aliphatic rings. The molecule has 108 valence electrons. The van der Waals surface area contributed by atoms with E-state index in [0.717, 1.165) is 11.8 Å². The highest BCUT2D eigenvalue weighted by Crippen LogP contribution is 2.24. The maximum atomic E-state index is 11.1. The van der Waals surface area contributed by atoms with Crippen molar-refractivity contribution in [1.82, 2.24) is 4.98 Å². The van der Waals surface area contributed by atoms with E-state index in [0.29, 0.717) is 16.9 Å². The SMILES string of the molecule is CCC(C)N(CC(=O)O)c1cc(C#N)c2ccccc2n1. The van der Waals surface area contributed by atoms with Crippen LogP contribution in [0.2, 0.25) is 0 Å². The van der Waals surface area contributed by atoms with Crippen molar-refractivity contribution in [2.45, 2.75) is 26.3 Å². The molecule has 0 amide bonds. The zero-order valence-corrected chi connectivity index (χ0v) is 12.1. The maximum Gasteiger partial charge on any atom is 0.323 e. The number of pyridine rings is 1. The van der Waals surface area contributed by atoms with Crippen molar-refractivity contribution in [3.05, 3.63) is 35.9 Å². The van der Waals surface area contributed by atoms with Gasteiger partial charge in [-0.1, -0.05) is 25.1 Å². The van der Waals surface area contributed by atoms with Gasteiger partial charge < -0.3 is 10.0 Å². The molecule has 1 unspecified atom stereocenters.